The lowest BCUT2D eigenvalue weighted by atomic mass is 10.4. The van der Waals surface area contributed by atoms with Gasteiger partial charge in [0.1, 0.15) is 12.1 Å². The zero-order valence-corrected chi connectivity index (χ0v) is 10.9. The predicted molar refractivity (Wildman–Crippen MR) is 71.9 cm³/mol. The number of aromatic amines is 1. The van der Waals surface area contributed by atoms with Crippen LogP contribution in [0.3, 0.4) is 0 Å². The SMILES string of the molecule is Cc1cc(C)n(CCNc2ncnc3[nH]ncc23)n1. The number of hydrogen-bond acceptors (Lipinski definition) is 5. The van der Waals surface area contributed by atoms with Gasteiger partial charge in [-0.25, -0.2) is 9.97 Å². The van der Waals surface area contributed by atoms with E-state index < -0.39 is 0 Å². The highest BCUT2D eigenvalue weighted by Gasteiger charge is 2.05. The molecule has 0 aliphatic carbocycles. The van der Waals surface area contributed by atoms with Gasteiger partial charge in [-0.1, -0.05) is 0 Å². The highest BCUT2D eigenvalue weighted by atomic mass is 15.3. The van der Waals surface area contributed by atoms with Gasteiger partial charge in [0.05, 0.1) is 23.8 Å². The van der Waals surface area contributed by atoms with Gasteiger partial charge in [-0.15, -0.1) is 0 Å². The van der Waals surface area contributed by atoms with E-state index >= 15 is 0 Å². The van der Waals surface area contributed by atoms with Gasteiger partial charge in [-0.2, -0.15) is 10.2 Å². The molecular formula is C12H15N7. The fourth-order valence-electron chi connectivity index (χ4n) is 2.09. The number of aromatic nitrogens is 6. The van der Waals surface area contributed by atoms with Crippen LogP contribution in [0.25, 0.3) is 11.0 Å². The molecule has 3 aromatic heterocycles. The highest BCUT2D eigenvalue weighted by Crippen LogP contribution is 2.15. The van der Waals surface area contributed by atoms with E-state index in [1.807, 2.05) is 11.6 Å². The zero-order valence-electron chi connectivity index (χ0n) is 10.9. The topological polar surface area (TPSA) is 84.3 Å². The summed E-state index contributed by atoms with van der Waals surface area (Å²) in [5.74, 6) is 0.792. The van der Waals surface area contributed by atoms with Crippen molar-refractivity contribution in [2.45, 2.75) is 20.4 Å². The molecule has 7 nitrogen and oxygen atoms in total. The van der Waals surface area contributed by atoms with E-state index in [1.54, 1.807) is 6.20 Å². The predicted octanol–water partition coefficient (Wildman–Crippen LogP) is 1.28. The van der Waals surface area contributed by atoms with Crippen molar-refractivity contribution in [3.05, 3.63) is 30.0 Å². The van der Waals surface area contributed by atoms with E-state index in [0.717, 1.165) is 41.3 Å². The third-order valence-electron chi connectivity index (χ3n) is 2.97. The molecule has 0 spiro atoms. The number of aryl methyl sites for hydroxylation is 2. The summed E-state index contributed by atoms with van der Waals surface area (Å²) in [5, 5.41) is 15.4. The summed E-state index contributed by atoms with van der Waals surface area (Å²) in [6.07, 6.45) is 3.24. The first-order valence-electron chi connectivity index (χ1n) is 6.13. The van der Waals surface area contributed by atoms with Crippen molar-refractivity contribution in [1.29, 1.82) is 0 Å². The van der Waals surface area contributed by atoms with Crippen molar-refractivity contribution < 1.29 is 0 Å². The van der Waals surface area contributed by atoms with Crippen LogP contribution < -0.4 is 5.32 Å². The number of rotatable bonds is 4. The summed E-state index contributed by atoms with van der Waals surface area (Å²) in [4.78, 5) is 8.32. The van der Waals surface area contributed by atoms with Crippen LogP contribution in [-0.2, 0) is 6.54 Å². The van der Waals surface area contributed by atoms with Gasteiger partial charge in [0, 0.05) is 12.2 Å². The Labute approximate surface area is 110 Å². The number of nitrogens with zero attached hydrogens (tertiary/aromatic N) is 5. The van der Waals surface area contributed by atoms with E-state index in [9.17, 15) is 0 Å². The molecule has 2 N–H and O–H groups in total. The molecule has 0 aliphatic rings. The molecule has 0 aliphatic heterocycles. The maximum Gasteiger partial charge on any atom is 0.160 e. The van der Waals surface area contributed by atoms with Crippen LogP contribution in [0, 0.1) is 13.8 Å². The molecule has 0 saturated heterocycles. The van der Waals surface area contributed by atoms with Crippen LogP contribution in [0.1, 0.15) is 11.4 Å². The summed E-state index contributed by atoms with van der Waals surface area (Å²) < 4.78 is 1.98. The van der Waals surface area contributed by atoms with Crippen LogP contribution in [0.15, 0.2) is 18.6 Å². The fraction of sp³-hybridized carbons (Fsp3) is 0.333. The van der Waals surface area contributed by atoms with E-state index in [4.69, 9.17) is 0 Å². The quantitative estimate of drug-likeness (QED) is 0.735. The molecule has 0 amide bonds. The van der Waals surface area contributed by atoms with Gasteiger partial charge in [0.15, 0.2) is 5.65 Å². The molecular weight excluding hydrogens is 242 g/mol. The first-order chi connectivity index (χ1) is 9.24. The molecule has 0 aromatic carbocycles. The van der Waals surface area contributed by atoms with Crippen LogP contribution in [0.4, 0.5) is 5.82 Å². The number of nitrogens with one attached hydrogen (secondary N) is 2. The second-order valence-electron chi connectivity index (χ2n) is 4.43. The van der Waals surface area contributed by atoms with Crippen LogP contribution in [0.2, 0.25) is 0 Å². The number of anilines is 1. The molecule has 0 bridgehead atoms. The minimum absolute atomic E-state index is 0.739. The van der Waals surface area contributed by atoms with Crippen LogP contribution in [0.5, 0.6) is 0 Å². The summed E-state index contributed by atoms with van der Waals surface area (Å²) in [7, 11) is 0. The van der Waals surface area contributed by atoms with Crippen molar-refractivity contribution in [3.8, 4) is 0 Å². The van der Waals surface area contributed by atoms with Crippen molar-refractivity contribution in [3.63, 3.8) is 0 Å². The summed E-state index contributed by atoms with van der Waals surface area (Å²) in [5.41, 5.74) is 2.94. The number of H-pyrrole nitrogens is 1. The third-order valence-corrected chi connectivity index (χ3v) is 2.97. The molecule has 3 aromatic rings. The van der Waals surface area contributed by atoms with E-state index in [2.05, 4.69) is 43.6 Å². The standard InChI is InChI=1S/C12H15N7/c1-8-5-9(2)19(18-8)4-3-13-11-10-6-16-17-12(10)15-7-14-11/h5-7H,3-4H2,1-2H3,(H2,13,14,15,16,17). The lowest BCUT2D eigenvalue weighted by Gasteiger charge is -2.07. The molecule has 0 unspecified atom stereocenters. The van der Waals surface area contributed by atoms with Gasteiger partial charge in [0.2, 0.25) is 0 Å². The van der Waals surface area contributed by atoms with Gasteiger partial charge >= 0.3 is 0 Å². The Morgan fingerprint density at radius 2 is 2.21 bits per heavy atom. The minimum Gasteiger partial charge on any atom is -0.367 e. The Balaban J connectivity index is 1.69. The van der Waals surface area contributed by atoms with E-state index in [0.29, 0.717) is 0 Å². The molecule has 0 saturated carbocycles. The summed E-state index contributed by atoms with van der Waals surface area (Å²) >= 11 is 0. The van der Waals surface area contributed by atoms with Crippen molar-refractivity contribution >= 4 is 16.9 Å². The zero-order chi connectivity index (χ0) is 13.2. The maximum atomic E-state index is 4.42. The van der Waals surface area contributed by atoms with Gasteiger partial charge in [-0.3, -0.25) is 9.78 Å². The molecule has 3 rings (SSSR count). The van der Waals surface area contributed by atoms with Crippen molar-refractivity contribution in [1.82, 2.24) is 29.9 Å². The number of fused-ring (bicyclic) bond motifs is 1. The van der Waals surface area contributed by atoms with Crippen molar-refractivity contribution in [2.75, 3.05) is 11.9 Å². The average molecular weight is 257 g/mol. The second-order valence-corrected chi connectivity index (χ2v) is 4.43. The molecule has 3 heterocycles. The lowest BCUT2D eigenvalue weighted by molar-refractivity contribution is 0.614. The molecule has 7 heteroatoms. The normalized spacial score (nSPS) is 11.1. The number of hydrogen-bond donors (Lipinski definition) is 2. The van der Waals surface area contributed by atoms with Crippen LogP contribution in [-0.4, -0.2) is 36.5 Å². The third kappa shape index (κ3) is 2.26. The van der Waals surface area contributed by atoms with E-state index in [1.165, 1.54) is 6.33 Å². The van der Waals surface area contributed by atoms with Gasteiger partial charge in [-0.05, 0) is 19.9 Å². The molecule has 98 valence electrons. The highest BCUT2D eigenvalue weighted by molar-refractivity contribution is 5.85. The molecule has 0 fully saturated rings. The van der Waals surface area contributed by atoms with Crippen molar-refractivity contribution in [2.24, 2.45) is 0 Å². The molecule has 0 radical (unpaired) electrons. The Hall–Kier alpha value is -2.44. The Morgan fingerprint density at radius 3 is 3.00 bits per heavy atom. The summed E-state index contributed by atoms with van der Waals surface area (Å²) in [6.45, 7) is 5.59. The Morgan fingerprint density at radius 1 is 1.32 bits per heavy atom. The lowest BCUT2D eigenvalue weighted by Crippen LogP contribution is -2.13. The molecule has 0 atom stereocenters. The average Bonchev–Trinajstić information content (AvgIpc) is 2.97. The minimum atomic E-state index is 0.739. The van der Waals surface area contributed by atoms with E-state index in [-0.39, 0.29) is 0 Å². The Kier molecular flexibility index (Phi) is 2.86. The Bertz CT molecular complexity index is 697. The monoisotopic (exact) mass is 257 g/mol. The first kappa shape index (κ1) is 11.6. The van der Waals surface area contributed by atoms with Gasteiger partial charge in [0.25, 0.3) is 0 Å². The fourth-order valence-corrected chi connectivity index (χ4v) is 2.09. The molecule has 19 heavy (non-hydrogen) atoms. The van der Waals surface area contributed by atoms with Gasteiger partial charge < -0.3 is 5.32 Å². The van der Waals surface area contributed by atoms with Crippen LogP contribution >= 0.6 is 0 Å². The maximum absolute atomic E-state index is 4.42. The smallest absolute Gasteiger partial charge is 0.160 e. The summed E-state index contributed by atoms with van der Waals surface area (Å²) in [6, 6.07) is 2.07. The second kappa shape index (κ2) is 4.68. The first-order valence-corrected chi connectivity index (χ1v) is 6.13. The largest absolute Gasteiger partial charge is 0.367 e.